The van der Waals surface area contributed by atoms with E-state index in [1.807, 2.05) is 18.2 Å². The summed E-state index contributed by atoms with van der Waals surface area (Å²) in [5.41, 5.74) is 3.87. The van der Waals surface area contributed by atoms with Crippen LogP contribution < -0.4 is 15.4 Å². The highest BCUT2D eigenvalue weighted by atomic mass is 19.1. The molecule has 0 bridgehead atoms. The van der Waals surface area contributed by atoms with Crippen molar-refractivity contribution in [2.45, 2.75) is 51.3 Å². The summed E-state index contributed by atoms with van der Waals surface area (Å²) in [6, 6.07) is 15.6. The van der Waals surface area contributed by atoms with Crippen LogP contribution >= 0.6 is 0 Å². The highest BCUT2D eigenvalue weighted by Gasteiger charge is 2.32. The number of carbonyl (C=O) groups excluding carboxylic acids is 2. The van der Waals surface area contributed by atoms with Crippen LogP contribution in [0.15, 0.2) is 60.7 Å². The van der Waals surface area contributed by atoms with Gasteiger partial charge in [0.2, 0.25) is 5.91 Å². The van der Waals surface area contributed by atoms with Crippen LogP contribution in [0.4, 0.5) is 8.78 Å². The summed E-state index contributed by atoms with van der Waals surface area (Å²) in [6.07, 6.45) is 0.249. The molecule has 0 spiro atoms. The molecule has 206 valence electrons. The lowest BCUT2D eigenvalue weighted by Crippen LogP contribution is -2.51. The Morgan fingerprint density at radius 3 is 2.49 bits per heavy atom. The van der Waals surface area contributed by atoms with Gasteiger partial charge in [0, 0.05) is 37.1 Å². The highest BCUT2D eigenvalue weighted by Crippen LogP contribution is 2.29. The first kappa shape index (κ1) is 28.4. The van der Waals surface area contributed by atoms with Crippen LogP contribution in [0.25, 0.3) is 0 Å². The van der Waals surface area contributed by atoms with Crippen LogP contribution in [0.5, 0.6) is 5.75 Å². The van der Waals surface area contributed by atoms with Gasteiger partial charge in [0.25, 0.3) is 0 Å². The first-order chi connectivity index (χ1) is 18.7. The van der Waals surface area contributed by atoms with E-state index in [4.69, 9.17) is 4.74 Å². The normalized spacial score (nSPS) is 16.3. The van der Waals surface area contributed by atoms with Crippen LogP contribution in [0.2, 0.25) is 0 Å². The maximum Gasteiger partial charge on any atom is 0.224 e. The average Bonchev–Trinajstić information content (AvgIpc) is 2.91. The average molecular weight is 537 g/mol. The monoisotopic (exact) mass is 536 g/mol. The Labute approximate surface area is 227 Å². The van der Waals surface area contributed by atoms with E-state index < -0.39 is 35.6 Å². The van der Waals surface area contributed by atoms with Crippen molar-refractivity contribution in [3.05, 3.63) is 100 Å². The van der Waals surface area contributed by atoms with E-state index in [9.17, 15) is 23.5 Å². The van der Waals surface area contributed by atoms with Crippen LogP contribution in [0.3, 0.4) is 0 Å². The molecule has 0 aromatic heterocycles. The van der Waals surface area contributed by atoms with Crippen molar-refractivity contribution in [2.75, 3.05) is 13.7 Å². The molecule has 0 saturated carbocycles. The van der Waals surface area contributed by atoms with Gasteiger partial charge >= 0.3 is 0 Å². The zero-order valence-corrected chi connectivity index (χ0v) is 22.2. The van der Waals surface area contributed by atoms with Gasteiger partial charge in [-0.05, 0) is 71.8 Å². The Morgan fingerprint density at radius 2 is 1.77 bits per heavy atom. The molecule has 0 radical (unpaired) electrons. The van der Waals surface area contributed by atoms with Gasteiger partial charge in [-0.15, -0.1) is 0 Å². The molecular weight excluding hydrogens is 502 g/mol. The second-order valence-electron chi connectivity index (χ2n) is 10.0. The van der Waals surface area contributed by atoms with Gasteiger partial charge in [0.15, 0.2) is 5.78 Å². The molecule has 39 heavy (non-hydrogen) atoms. The summed E-state index contributed by atoms with van der Waals surface area (Å²) < 4.78 is 33.0. The van der Waals surface area contributed by atoms with Crippen LogP contribution in [0, 0.1) is 17.6 Å². The van der Waals surface area contributed by atoms with Gasteiger partial charge in [-0.3, -0.25) is 9.59 Å². The summed E-state index contributed by atoms with van der Waals surface area (Å²) in [7, 11) is 1.53. The van der Waals surface area contributed by atoms with Gasteiger partial charge < -0.3 is 20.5 Å². The summed E-state index contributed by atoms with van der Waals surface area (Å²) in [5, 5.41) is 17.1. The second kappa shape index (κ2) is 13.0. The molecule has 6 nitrogen and oxygen atoms in total. The summed E-state index contributed by atoms with van der Waals surface area (Å²) in [5.74, 6) is -2.04. The fourth-order valence-corrected chi connectivity index (χ4v) is 5.03. The van der Waals surface area contributed by atoms with Crippen molar-refractivity contribution >= 4 is 11.7 Å². The second-order valence-corrected chi connectivity index (χ2v) is 10.0. The number of ether oxygens (including phenoxy) is 1. The number of hydrogen-bond acceptors (Lipinski definition) is 5. The Bertz CT molecular complexity index is 1310. The molecule has 0 aliphatic heterocycles. The number of methoxy groups -OCH3 is 1. The molecule has 0 fully saturated rings. The highest BCUT2D eigenvalue weighted by molar-refractivity contribution is 6.01. The lowest BCUT2D eigenvalue weighted by molar-refractivity contribution is -0.126. The number of benzene rings is 3. The quantitative estimate of drug-likeness (QED) is 0.343. The van der Waals surface area contributed by atoms with E-state index in [0.29, 0.717) is 29.8 Å². The Hall–Kier alpha value is -3.62. The standard InChI is InChI=1S/C31H34F2N2O4/c1-3-19-5-4-6-20(9-19)17-34-18-30(37)28(12-21-10-24(32)16-25(33)11-21)35-31(38)23-13-22-14-26(39-2)7-8-27(22)29(36)15-23/h4-11,14,16,23,28,30,34,37H,3,12-13,15,17-18H2,1-2H3,(H,35,38)/t23?,28-,30+/m0/s1. The number of aryl methyl sites for hydroxylation is 1. The third-order valence-corrected chi connectivity index (χ3v) is 7.13. The lowest BCUT2D eigenvalue weighted by Gasteiger charge is -2.29. The number of Topliss-reactive ketones (excluding diaryl/α,β-unsaturated/α-hetero) is 1. The first-order valence-corrected chi connectivity index (χ1v) is 13.2. The molecule has 4 rings (SSSR count). The molecule has 3 N–H and O–H groups in total. The van der Waals surface area contributed by atoms with Crippen molar-refractivity contribution in [3.63, 3.8) is 0 Å². The molecule has 3 aromatic carbocycles. The number of aliphatic hydroxyl groups excluding tert-OH is 1. The van der Waals surface area contributed by atoms with E-state index in [1.165, 1.54) is 24.8 Å². The molecule has 1 aliphatic carbocycles. The van der Waals surface area contributed by atoms with E-state index in [1.54, 1.807) is 18.2 Å². The minimum absolute atomic E-state index is 0.0136. The summed E-state index contributed by atoms with van der Waals surface area (Å²) >= 11 is 0. The van der Waals surface area contributed by atoms with Crippen LogP contribution in [-0.4, -0.2) is 42.6 Å². The number of nitrogens with one attached hydrogen (secondary N) is 2. The smallest absolute Gasteiger partial charge is 0.224 e. The number of carbonyl (C=O) groups is 2. The van der Waals surface area contributed by atoms with E-state index >= 15 is 0 Å². The van der Waals surface area contributed by atoms with Crippen LogP contribution in [-0.2, 0) is 30.6 Å². The minimum atomic E-state index is -1.05. The topological polar surface area (TPSA) is 87.7 Å². The fourth-order valence-electron chi connectivity index (χ4n) is 5.03. The Morgan fingerprint density at radius 1 is 1.03 bits per heavy atom. The van der Waals surface area contributed by atoms with Crippen molar-refractivity contribution in [1.29, 1.82) is 0 Å². The van der Waals surface area contributed by atoms with E-state index in [-0.39, 0.29) is 25.2 Å². The Balaban J connectivity index is 1.47. The zero-order chi connectivity index (χ0) is 27.9. The van der Waals surface area contributed by atoms with Gasteiger partial charge in [0.1, 0.15) is 17.4 Å². The molecule has 0 saturated heterocycles. The van der Waals surface area contributed by atoms with Gasteiger partial charge in [-0.25, -0.2) is 8.78 Å². The number of hydrogen-bond donors (Lipinski definition) is 3. The molecule has 3 aromatic rings. The predicted molar refractivity (Wildman–Crippen MR) is 145 cm³/mol. The number of fused-ring (bicyclic) bond motifs is 1. The largest absolute Gasteiger partial charge is 0.497 e. The van der Waals surface area contributed by atoms with Crippen molar-refractivity contribution in [3.8, 4) is 5.75 Å². The lowest BCUT2D eigenvalue weighted by atomic mass is 9.82. The maximum atomic E-state index is 13.9. The summed E-state index contributed by atoms with van der Waals surface area (Å²) in [4.78, 5) is 26.1. The minimum Gasteiger partial charge on any atom is -0.497 e. The van der Waals surface area contributed by atoms with E-state index in [0.717, 1.165) is 23.6 Å². The Kier molecular flexibility index (Phi) is 9.43. The molecule has 1 aliphatic rings. The number of amides is 1. The first-order valence-electron chi connectivity index (χ1n) is 13.2. The molecule has 8 heteroatoms. The summed E-state index contributed by atoms with van der Waals surface area (Å²) in [6.45, 7) is 2.73. The van der Waals surface area contributed by atoms with Crippen molar-refractivity contribution < 1.29 is 28.2 Å². The SMILES string of the molecule is CCc1cccc(CNC[C@@H](O)[C@H](Cc2cc(F)cc(F)c2)NC(=O)C2CC(=O)c3ccc(OC)cc3C2)c1. The third kappa shape index (κ3) is 7.49. The maximum absolute atomic E-state index is 13.9. The zero-order valence-electron chi connectivity index (χ0n) is 22.2. The number of rotatable bonds is 11. The number of halogens is 2. The van der Waals surface area contributed by atoms with Crippen molar-refractivity contribution in [2.24, 2.45) is 5.92 Å². The fraction of sp³-hybridized carbons (Fsp3) is 0.355. The third-order valence-electron chi connectivity index (χ3n) is 7.13. The number of ketones is 1. The van der Waals surface area contributed by atoms with Gasteiger partial charge in [-0.2, -0.15) is 0 Å². The number of aliphatic hydroxyl groups is 1. The molecule has 1 unspecified atom stereocenters. The van der Waals surface area contributed by atoms with E-state index in [2.05, 4.69) is 23.6 Å². The molecule has 0 heterocycles. The van der Waals surface area contributed by atoms with Crippen molar-refractivity contribution in [1.82, 2.24) is 10.6 Å². The van der Waals surface area contributed by atoms with Gasteiger partial charge in [0.05, 0.1) is 19.3 Å². The predicted octanol–water partition coefficient (Wildman–Crippen LogP) is 4.16. The van der Waals surface area contributed by atoms with Gasteiger partial charge in [-0.1, -0.05) is 31.2 Å². The van der Waals surface area contributed by atoms with Crippen LogP contribution in [0.1, 0.15) is 46.0 Å². The molecule has 1 amide bonds. The molecular formula is C31H34F2N2O4. The molecule has 3 atom stereocenters.